The highest BCUT2D eigenvalue weighted by Crippen LogP contribution is 2.46. The van der Waals surface area contributed by atoms with Crippen LogP contribution in [-0.4, -0.2) is 83.1 Å². The minimum atomic E-state index is -2.41. The third-order valence-corrected chi connectivity index (χ3v) is 24.7. The molecule has 1 aliphatic heterocycles. The molecule has 0 saturated carbocycles. The first kappa shape index (κ1) is 42.8. The summed E-state index contributed by atoms with van der Waals surface area (Å²) in [6, 6.07) is 0.922. The molecule has 1 fully saturated rings. The molecule has 1 saturated heterocycles. The predicted molar refractivity (Wildman–Crippen MR) is 204 cm³/mol. The molecule has 0 bridgehead atoms. The van der Waals surface area contributed by atoms with E-state index in [-0.39, 0.29) is 21.0 Å². The molecular weight excluding hydrogens is 659 g/mol. The van der Waals surface area contributed by atoms with E-state index in [1.165, 1.54) is 4.57 Å². The number of nitrogens with zero attached hydrogens (tertiary/aromatic N) is 3. The minimum Gasteiger partial charge on any atom is -0.480 e. The highest BCUT2D eigenvalue weighted by Gasteiger charge is 2.55. The SMILES string of the molecule is CCN(c1ccn([C@@H]2O[C@H](CO[Si](C)(C)C(C)(C)C)[C@@H](O[Si](C)(C)C(C)(C)C)[C@H]2O[Si](C)(C)C(C)(C)C)c(=O)n1)C(CC(C)C)C(=O)O. The topological polar surface area (TPSA) is 112 Å². The van der Waals surface area contributed by atoms with Crippen LogP contribution in [0.15, 0.2) is 17.1 Å². The van der Waals surface area contributed by atoms with Crippen LogP contribution in [0.1, 0.15) is 95.7 Å². The fraction of sp³-hybridized carbons (Fsp3) is 0.857. The lowest BCUT2D eigenvalue weighted by Crippen LogP contribution is -2.54. The number of carboxylic acid groups (broad SMARTS) is 1. The Bertz CT molecular complexity index is 1300. The zero-order valence-electron chi connectivity index (χ0n) is 33.5. The van der Waals surface area contributed by atoms with Crippen LogP contribution in [0, 0.1) is 5.92 Å². The summed E-state index contributed by atoms with van der Waals surface area (Å²) in [5, 5.41) is 9.88. The summed E-state index contributed by atoms with van der Waals surface area (Å²) in [6.45, 7) is 39.8. The smallest absolute Gasteiger partial charge is 0.351 e. The minimum absolute atomic E-state index is 0.00303. The number of likely N-dealkylation sites (N-methyl/N-ethyl adjacent to an activating group) is 1. The van der Waals surface area contributed by atoms with E-state index in [2.05, 4.69) is 107 Å². The molecule has 0 radical (unpaired) electrons. The second-order valence-electron chi connectivity index (χ2n) is 18.6. The van der Waals surface area contributed by atoms with Gasteiger partial charge in [0.1, 0.15) is 30.2 Å². The molecule has 0 amide bonds. The number of aromatic nitrogens is 2. The molecule has 0 aromatic carbocycles. The van der Waals surface area contributed by atoms with E-state index in [9.17, 15) is 14.7 Å². The average Bonchev–Trinajstić information content (AvgIpc) is 3.20. The van der Waals surface area contributed by atoms with Crippen molar-refractivity contribution in [1.29, 1.82) is 0 Å². The molecule has 0 spiro atoms. The molecule has 1 aromatic rings. The van der Waals surface area contributed by atoms with E-state index in [1.807, 2.05) is 20.8 Å². The zero-order chi connectivity index (χ0) is 37.4. The molecule has 10 nitrogen and oxygen atoms in total. The first-order valence-corrected chi connectivity index (χ1v) is 26.4. The third kappa shape index (κ3) is 9.91. The van der Waals surface area contributed by atoms with Crippen LogP contribution in [-0.2, 0) is 22.8 Å². The highest BCUT2D eigenvalue weighted by atomic mass is 28.4. The van der Waals surface area contributed by atoms with Crippen molar-refractivity contribution in [2.24, 2.45) is 5.92 Å². The lowest BCUT2D eigenvalue weighted by molar-refractivity contribution is -0.139. The third-order valence-electron chi connectivity index (χ3n) is 11.3. The molecule has 2 heterocycles. The summed E-state index contributed by atoms with van der Waals surface area (Å²) in [4.78, 5) is 32.4. The Morgan fingerprint density at radius 3 is 1.79 bits per heavy atom. The van der Waals surface area contributed by atoms with Gasteiger partial charge in [-0.25, -0.2) is 9.59 Å². The van der Waals surface area contributed by atoms with Crippen molar-refractivity contribution in [3.8, 4) is 0 Å². The van der Waals surface area contributed by atoms with Gasteiger partial charge < -0.3 is 28.0 Å². The number of hydrogen-bond acceptors (Lipinski definition) is 8. The van der Waals surface area contributed by atoms with E-state index < -0.39 is 67.2 Å². The van der Waals surface area contributed by atoms with E-state index in [1.54, 1.807) is 17.2 Å². The van der Waals surface area contributed by atoms with Gasteiger partial charge in [0.25, 0.3) is 0 Å². The monoisotopic (exact) mass is 727 g/mol. The summed E-state index contributed by atoms with van der Waals surface area (Å²) < 4.78 is 29.5. The molecule has 1 aliphatic rings. The Kier molecular flexibility index (Phi) is 13.5. The number of anilines is 1. The van der Waals surface area contributed by atoms with Crippen molar-refractivity contribution >= 4 is 36.7 Å². The maximum Gasteiger partial charge on any atom is 0.351 e. The quantitative estimate of drug-likeness (QED) is 0.189. The van der Waals surface area contributed by atoms with Crippen molar-refractivity contribution in [3.05, 3.63) is 22.7 Å². The summed E-state index contributed by atoms with van der Waals surface area (Å²) in [6.07, 6.45) is -0.241. The van der Waals surface area contributed by atoms with E-state index >= 15 is 0 Å². The average molecular weight is 728 g/mol. The second-order valence-corrected chi connectivity index (χ2v) is 32.9. The lowest BCUT2D eigenvalue weighted by Gasteiger charge is -2.44. The van der Waals surface area contributed by atoms with Gasteiger partial charge >= 0.3 is 11.7 Å². The number of aliphatic carboxylic acids is 1. The highest BCUT2D eigenvalue weighted by molar-refractivity contribution is 6.75. The normalized spacial score (nSPS) is 22.3. The summed E-state index contributed by atoms with van der Waals surface area (Å²) in [7, 11) is -6.91. The Labute approximate surface area is 294 Å². The van der Waals surface area contributed by atoms with Gasteiger partial charge in [-0.2, -0.15) is 4.98 Å². The Morgan fingerprint density at radius 1 is 0.917 bits per heavy atom. The van der Waals surface area contributed by atoms with Gasteiger partial charge in [0, 0.05) is 12.7 Å². The number of carbonyl (C=O) groups is 1. The summed E-state index contributed by atoms with van der Waals surface area (Å²) in [5.74, 6) is -0.448. The van der Waals surface area contributed by atoms with Gasteiger partial charge in [-0.3, -0.25) is 4.57 Å². The molecule has 13 heteroatoms. The molecule has 0 aliphatic carbocycles. The van der Waals surface area contributed by atoms with E-state index in [4.69, 9.17) is 18.0 Å². The maximum absolute atomic E-state index is 14.0. The summed E-state index contributed by atoms with van der Waals surface area (Å²) >= 11 is 0. The number of ether oxygens (including phenoxy) is 1. The van der Waals surface area contributed by atoms with Crippen LogP contribution in [0.2, 0.25) is 54.4 Å². The number of rotatable bonds is 14. The second kappa shape index (κ2) is 15.1. The van der Waals surface area contributed by atoms with Crippen LogP contribution >= 0.6 is 0 Å². The Morgan fingerprint density at radius 2 is 1.40 bits per heavy atom. The van der Waals surface area contributed by atoms with Crippen LogP contribution < -0.4 is 10.6 Å². The van der Waals surface area contributed by atoms with Crippen molar-refractivity contribution in [1.82, 2.24) is 9.55 Å². The van der Waals surface area contributed by atoms with E-state index in [0.717, 1.165) is 0 Å². The molecule has 1 aromatic heterocycles. The van der Waals surface area contributed by atoms with Crippen LogP contribution in [0.5, 0.6) is 0 Å². The molecular formula is C35H69N3O7Si3. The molecule has 278 valence electrons. The fourth-order valence-electron chi connectivity index (χ4n) is 4.98. The lowest BCUT2D eigenvalue weighted by atomic mass is 10.0. The van der Waals surface area contributed by atoms with Crippen molar-refractivity contribution < 1.29 is 27.9 Å². The van der Waals surface area contributed by atoms with Gasteiger partial charge in [-0.15, -0.1) is 0 Å². The number of hydrogen-bond donors (Lipinski definition) is 1. The first-order valence-electron chi connectivity index (χ1n) is 17.7. The van der Waals surface area contributed by atoms with Gasteiger partial charge in [0.15, 0.2) is 31.2 Å². The fourth-order valence-corrected chi connectivity index (χ4v) is 8.60. The molecule has 1 unspecified atom stereocenters. The predicted octanol–water partition coefficient (Wildman–Crippen LogP) is 8.27. The molecule has 48 heavy (non-hydrogen) atoms. The first-order chi connectivity index (χ1) is 21.5. The standard InChI is InChI=1S/C35H69N3O7Si3/c1-19-37(25(31(39)40)22-24(2)3)27-20-21-38(32(41)36-27)30-29(45-48(17,18)35(10,11)12)28(44-47(15,16)34(7,8)9)26(43-30)23-42-46(13,14)33(4,5)6/h20-21,24-26,28-30H,19,22-23H2,1-18H3,(H,39,40)/t25?,26-,28-,29-,30-/m1/s1. The Balaban J connectivity index is 2.74. The van der Waals surface area contributed by atoms with Crippen LogP contribution in [0.3, 0.4) is 0 Å². The van der Waals surface area contributed by atoms with Crippen LogP contribution in [0.25, 0.3) is 0 Å². The van der Waals surface area contributed by atoms with Gasteiger partial charge in [-0.1, -0.05) is 76.2 Å². The van der Waals surface area contributed by atoms with Crippen molar-refractivity contribution in [3.63, 3.8) is 0 Å². The maximum atomic E-state index is 14.0. The van der Waals surface area contributed by atoms with Crippen molar-refractivity contribution in [2.45, 2.75) is 174 Å². The van der Waals surface area contributed by atoms with E-state index in [0.29, 0.717) is 25.4 Å². The molecule has 2 rings (SSSR count). The van der Waals surface area contributed by atoms with Gasteiger partial charge in [0.2, 0.25) is 0 Å². The largest absolute Gasteiger partial charge is 0.480 e. The van der Waals surface area contributed by atoms with Gasteiger partial charge in [-0.05, 0) is 79.7 Å². The van der Waals surface area contributed by atoms with Gasteiger partial charge in [0.05, 0.1) is 6.61 Å². The van der Waals surface area contributed by atoms with Crippen molar-refractivity contribution in [2.75, 3.05) is 18.1 Å². The zero-order valence-corrected chi connectivity index (χ0v) is 36.5. The van der Waals surface area contributed by atoms with Crippen LogP contribution in [0.4, 0.5) is 5.82 Å². The molecule has 5 atom stereocenters. The molecule has 1 N–H and O–H groups in total. The summed E-state index contributed by atoms with van der Waals surface area (Å²) in [5.41, 5.74) is -0.523. The Hall–Kier alpha value is -1.36. The number of carboxylic acids is 1.